The molecule has 0 aliphatic carbocycles. The molecule has 4 nitrogen and oxygen atoms in total. The topological polar surface area (TPSA) is 59.1 Å². The number of thiazole rings is 1. The number of hydrogen-bond acceptors (Lipinski definition) is 4. The molecule has 0 aliphatic heterocycles. The number of aromatic nitrogens is 1. The van der Waals surface area contributed by atoms with Crippen LogP contribution in [0, 0.1) is 0 Å². The molecule has 1 N–H and O–H groups in total. The Balaban J connectivity index is 1.86. The fraction of sp³-hybridized carbons (Fsp3) is 0.400. The second-order valence-corrected chi connectivity index (χ2v) is 8.02. The van der Waals surface area contributed by atoms with Crippen molar-refractivity contribution in [3.63, 3.8) is 0 Å². The van der Waals surface area contributed by atoms with Crippen LogP contribution < -0.4 is 4.72 Å². The molecule has 0 saturated carbocycles. The van der Waals surface area contributed by atoms with Gasteiger partial charge in [-0.05, 0) is 12.0 Å². The molecule has 0 atom stereocenters. The minimum Gasteiger partial charge on any atom is -0.245 e. The van der Waals surface area contributed by atoms with Gasteiger partial charge in [-0.2, -0.15) is 0 Å². The molecule has 0 aliphatic rings. The van der Waals surface area contributed by atoms with E-state index in [9.17, 15) is 8.42 Å². The van der Waals surface area contributed by atoms with E-state index in [1.165, 1.54) is 0 Å². The van der Waals surface area contributed by atoms with Crippen LogP contribution in [0.2, 0.25) is 0 Å². The third-order valence-electron chi connectivity index (χ3n) is 3.04. The Kier molecular flexibility index (Phi) is 5.50. The maximum atomic E-state index is 12.0. The lowest BCUT2D eigenvalue weighted by molar-refractivity contribution is 0.579. The van der Waals surface area contributed by atoms with E-state index in [0.29, 0.717) is 12.3 Å². The van der Waals surface area contributed by atoms with Gasteiger partial charge in [0, 0.05) is 11.3 Å². The fourth-order valence-electron chi connectivity index (χ4n) is 1.82. The maximum Gasteiger partial charge on any atom is 0.212 e. The minimum atomic E-state index is -3.27. The molecule has 114 valence electrons. The van der Waals surface area contributed by atoms with Crippen LogP contribution >= 0.6 is 11.3 Å². The van der Waals surface area contributed by atoms with Gasteiger partial charge in [0.15, 0.2) is 0 Å². The van der Waals surface area contributed by atoms with E-state index in [1.807, 2.05) is 35.7 Å². The monoisotopic (exact) mass is 324 g/mol. The van der Waals surface area contributed by atoms with Crippen molar-refractivity contribution in [2.75, 3.05) is 5.75 Å². The molecule has 0 saturated heterocycles. The standard InChI is InChI=1S/C15H20N2O2S2/c1-12(2)15-17-14(11-20-15)10-16-21(18,19)9-8-13-6-4-3-5-7-13/h3-7,11-12,16H,8-10H2,1-2H3. The Labute approximate surface area is 130 Å². The van der Waals surface area contributed by atoms with Gasteiger partial charge in [0.25, 0.3) is 0 Å². The van der Waals surface area contributed by atoms with Gasteiger partial charge in [0.1, 0.15) is 0 Å². The number of rotatable bonds is 7. The molecule has 21 heavy (non-hydrogen) atoms. The lowest BCUT2D eigenvalue weighted by Gasteiger charge is -2.05. The first-order chi connectivity index (χ1) is 9.96. The number of hydrogen-bond donors (Lipinski definition) is 1. The first kappa shape index (κ1) is 16.1. The second-order valence-electron chi connectivity index (χ2n) is 5.21. The van der Waals surface area contributed by atoms with E-state index in [0.717, 1.165) is 16.3 Å². The molecule has 0 bridgehead atoms. The second kappa shape index (κ2) is 7.15. The molecule has 0 spiro atoms. The number of nitrogens with zero attached hydrogens (tertiary/aromatic N) is 1. The molecule has 6 heteroatoms. The van der Waals surface area contributed by atoms with Crippen LogP contribution in [0.25, 0.3) is 0 Å². The Morgan fingerprint density at radius 1 is 1.24 bits per heavy atom. The van der Waals surface area contributed by atoms with Gasteiger partial charge < -0.3 is 0 Å². The van der Waals surface area contributed by atoms with Crippen molar-refractivity contribution in [3.05, 3.63) is 52.0 Å². The Morgan fingerprint density at radius 3 is 2.57 bits per heavy atom. The summed E-state index contributed by atoms with van der Waals surface area (Å²) in [5, 5.41) is 2.95. The summed E-state index contributed by atoms with van der Waals surface area (Å²) in [4.78, 5) is 4.42. The molecule has 0 fully saturated rings. The summed E-state index contributed by atoms with van der Waals surface area (Å²) in [5.41, 5.74) is 1.81. The first-order valence-electron chi connectivity index (χ1n) is 6.92. The molecule has 1 aromatic heterocycles. The van der Waals surface area contributed by atoms with Gasteiger partial charge in [-0.25, -0.2) is 18.1 Å². The summed E-state index contributed by atoms with van der Waals surface area (Å²) in [5.74, 6) is 0.469. The van der Waals surface area contributed by atoms with Gasteiger partial charge >= 0.3 is 0 Å². The molecule has 0 radical (unpaired) electrons. The van der Waals surface area contributed by atoms with Gasteiger partial charge in [-0.1, -0.05) is 44.2 Å². The van der Waals surface area contributed by atoms with E-state index in [2.05, 4.69) is 23.6 Å². The largest absolute Gasteiger partial charge is 0.245 e. The zero-order valence-electron chi connectivity index (χ0n) is 12.2. The predicted molar refractivity (Wildman–Crippen MR) is 87.0 cm³/mol. The van der Waals surface area contributed by atoms with Gasteiger partial charge in [0.2, 0.25) is 10.0 Å². The molecular weight excluding hydrogens is 304 g/mol. The van der Waals surface area contributed by atoms with E-state index < -0.39 is 10.0 Å². The van der Waals surface area contributed by atoms with Crippen molar-refractivity contribution >= 4 is 21.4 Å². The van der Waals surface area contributed by atoms with Gasteiger partial charge in [-0.3, -0.25) is 0 Å². The average molecular weight is 324 g/mol. The van der Waals surface area contributed by atoms with Gasteiger partial charge in [0.05, 0.1) is 23.0 Å². The van der Waals surface area contributed by atoms with Crippen molar-refractivity contribution in [3.8, 4) is 0 Å². The normalized spacial score (nSPS) is 12.0. The molecule has 0 unspecified atom stereocenters. The zero-order chi connectivity index (χ0) is 15.3. The molecule has 1 heterocycles. The minimum absolute atomic E-state index is 0.0954. The fourth-order valence-corrected chi connectivity index (χ4v) is 3.67. The van der Waals surface area contributed by atoms with E-state index in [1.54, 1.807) is 11.3 Å². The smallest absolute Gasteiger partial charge is 0.212 e. The summed E-state index contributed by atoms with van der Waals surface area (Å²) in [7, 11) is -3.27. The quantitative estimate of drug-likeness (QED) is 0.852. The number of benzene rings is 1. The number of nitrogens with one attached hydrogen (secondary N) is 1. The van der Waals surface area contributed by atoms with Crippen molar-refractivity contribution in [1.82, 2.24) is 9.71 Å². The van der Waals surface area contributed by atoms with E-state index in [-0.39, 0.29) is 12.3 Å². The van der Waals surface area contributed by atoms with Crippen molar-refractivity contribution in [2.45, 2.75) is 32.7 Å². The summed E-state index contributed by atoms with van der Waals surface area (Å²) < 4.78 is 26.6. The summed E-state index contributed by atoms with van der Waals surface area (Å²) in [6.45, 7) is 4.42. The third kappa shape index (κ3) is 5.22. The van der Waals surface area contributed by atoms with Crippen LogP contribution in [0.3, 0.4) is 0 Å². The highest BCUT2D eigenvalue weighted by Gasteiger charge is 2.12. The van der Waals surface area contributed by atoms with Crippen molar-refractivity contribution in [1.29, 1.82) is 0 Å². The molecule has 0 amide bonds. The van der Waals surface area contributed by atoms with Crippen molar-refractivity contribution < 1.29 is 8.42 Å². The zero-order valence-corrected chi connectivity index (χ0v) is 13.9. The summed E-state index contributed by atoms with van der Waals surface area (Å²) in [6, 6.07) is 9.62. The average Bonchev–Trinajstić information content (AvgIpc) is 2.94. The van der Waals surface area contributed by atoms with Crippen molar-refractivity contribution in [2.24, 2.45) is 0 Å². The number of sulfonamides is 1. The van der Waals surface area contributed by atoms with Crippen LogP contribution in [0.4, 0.5) is 0 Å². The first-order valence-corrected chi connectivity index (χ1v) is 9.45. The molecule has 2 rings (SSSR count). The van der Waals surface area contributed by atoms with Crippen LogP contribution in [0.15, 0.2) is 35.7 Å². The van der Waals surface area contributed by atoms with Gasteiger partial charge in [-0.15, -0.1) is 11.3 Å². The van der Waals surface area contributed by atoms with Crippen LogP contribution in [-0.2, 0) is 23.0 Å². The Hall–Kier alpha value is -1.24. The Bertz CT molecular complexity index is 664. The lowest BCUT2D eigenvalue weighted by Crippen LogP contribution is -2.27. The van der Waals surface area contributed by atoms with Crippen LogP contribution in [-0.4, -0.2) is 19.2 Å². The van der Waals surface area contributed by atoms with Crippen LogP contribution in [0.1, 0.15) is 36.0 Å². The molecule has 1 aromatic carbocycles. The highest BCUT2D eigenvalue weighted by Crippen LogP contribution is 2.19. The Morgan fingerprint density at radius 2 is 1.95 bits per heavy atom. The summed E-state index contributed by atoms with van der Waals surface area (Å²) in [6.07, 6.45) is 0.518. The highest BCUT2D eigenvalue weighted by atomic mass is 32.2. The lowest BCUT2D eigenvalue weighted by atomic mass is 10.2. The SMILES string of the molecule is CC(C)c1nc(CNS(=O)(=O)CCc2ccccc2)cs1. The predicted octanol–water partition coefficient (Wildman–Crippen LogP) is 2.93. The van der Waals surface area contributed by atoms with E-state index in [4.69, 9.17) is 0 Å². The highest BCUT2D eigenvalue weighted by molar-refractivity contribution is 7.89. The third-order valence-corrected chi connectivity index (χ3v) is 5.56. The maximum absolute atomic E-state index is 12.0. The van der Waals surface area contributed by atoms with E-state index >= 15 is 0 Å². The molecule has 2 aromatic rings. The summed E-state index contributed by atoms with van der Waals surface area (Å²) >= 11 is 1.57. The van der Waals surface area contributed by atoms with Crippen LogP contribution in [0.5, 0.6) is 0 Å². The molecular formula is C15H20N2O2S2. The number of aryl methyl sites for hydroxylation is 1.